The summed E-state index contributed by atoms with van der Waals surface area (Å²) in [7, 11) is 0. The highest BCUT2D eigenvalue weighted by atomic mass is 16.5. The molecule has 2 aromatic rings. The average molecular weight is 336 g/mol. The van der Waals surface area contributed by atoms with E-state index in [2.05, 4.69) is 4.98 Å². The molecular formula is C20H20N2O3. The number of ketones is 1. The summed E-state index contributed by atoms with van der Waals surface area (Å²) in [6.07, 6.45) is 3.09. The second-order valence-electron chi connectivity index (χ2n) is 6.93. The Balaban J connectivity index is 1.47. The SMILES string of the molecule is Cc1ccc(CC(=O)N2CC[C@@]3(CC(=O)c4ccccc4O3)C2)cn1. The number of hydrogen-bond acceptors (Lipinski definition) is 4. The molecular weight excluding hydrogens is 316 g/mol. The zero-order valence-corrected chi connectivity index (χ0v) is 14.2. The lowest BCUT2D eigenvalue weighted by atomic mass is 9.89. The van der Waals surface area contributed by atoms with E-state index in [9.17, 15) is 9.59 Å². The molecule has 2 aliphatic heterocycles. The van der Waals surface area contributed by atoms with Crippen LogP contribution >= 0.6 is 0 Å². The molecule has 5 heteroatoms. The van der Waals surface area contributed by atoms with Crippen molar-refractivity contribution in [3.63, 3.8) is 0 Å². The number of ether oxygens (including phenoxy) is 1. The number of para-hydroxylation sites is 1. The zero-order chi connectivity index (χ0) is 17.4. The van der Waals surface area contributed by atoms with Crippen molar-refractivity contribution in [2.24, 2.45) is 0 Å². The van der Waals surface area contributed by atoms with Gasteiger partial charge < -0.3 is 9.64 Å². The van der Waals surface area contributed by atoms with Gasteiger partial charge >= 0.3 is 0 Å². The third-order valence-electron chi connectivity index (χ3n) is 4.99. The van der Waals surface area contributed by atoms with E-state index in [4.69, 9.17) is 4.74 Å². The van der Waals surface area contributed by atoms with E-state index in [0.717, 1.165) is 11.3 Å². The molecule has 3 heterocycles. The summed E-state index contributed by atoms with van der Waals surface area (Å²) < 4.78 is 6.17. The quantitative estimate of drug-likeness (QED) is 0.846. The van der Waals surface area contributed by atoms with Gasteiger partial charge in [0.1, 0.15) is 11.4 Å². The third-order valence-corrected chi connectivity index (χ3v) is 4.99. The monoisotopic (exact) mass is 336 g/mol. The second-order valence-corrected chi connectivity index (χ2v) is 6.93. The molecule has 1 spiro atoms. The van der Waals surface area contributed by atoms with Crippen molar-refractivity contribution >= 4 is 11.7 Å². The second kappa shape index (κ2) is 5.99. The Morgan fingerprint density at radius 3 is 2.92 bits per heavy atom. The zero-order valence-electron chi connectivity index (χ0n) is 14.2. The maximum Gasteiger partial charge on any atom is 0.227 e. The van der Waals surface area contributed by atoms with Crippen LogP contribution in [0.25, 0.3) is 0 Å². The molecule has 5 nitrogen and oxygen atoms in total. The summed E-state index contributed by atoms with van der Waals surface area (Å²) in [6, 6.07) is 11.2. The van der Waals surface area contributed by atoms with Crippen LogP contribution in [-0.2, 0) is 11.2 Å². The van der Waals surface area contributed by atoms with Gasteiger partial charge in [0.05, 0.1) is 24.9 Å². The number of likely N-dealkylation sites (tertiary alicyclic amines) is 1. The Hall–Kier alpha value is -2.69. The Labute approximate surface area is 146 Å². The molecule has 0 bridgehead atoms. The van der Waals surface area contributed by atoms with Gasteiger partial charge in [-0.25, -0.2) is 0 Å². The molecule has 1 atom stereocenters. The predicted molar refractivity (Wildman–Crippen MR) is 92.6 cm³/mol. The first-order valence-electron chi connectivity index (χ1n) is 8.55. The first kappa shape index (κ1) is 15.8. The lowest BCUT2D eigenvalue weighted by Gasteiger charge is -2.34. The number of benzene rings is 1. The number of Topliss-reactive ketones (excluding diaryl/α,β-unsaturated/α-hetero) is 1. The van der Waals surface area contributed by atoms with E-state index < -0.39 is 5.60 Å². The molecule has 0 N–H and O–H groups in total. The maximum absolute atomic E-state index is 12.6. The number of rotatable bonds is 2. The molecule has 1 saturated heterocycles. The number of aromatic nitrogens is 1. The highest BCUT2D eigenvalue weighted by Gasteiger charge is 2.46. The molecule has 0 unspecified atom stereocenters. The van der Waals surface area contributed by atoms with Crippen LogP contribution in [0.1, 0.15) is 34.5 Å². The number of fused-ring (bicyclic) bond motifs is 1. The van der Waals surface area contributed by atoms with Crippen LogP contribution in [0.4, 0.5) is 0 Å². The Kier molecular flexibility index (Phi) is 3.79. The van der Waals surface area contributed by atoms with Crippen molar-refractivity contribution in [1.29, 1.82) is 0 Å². The molecule has 2 aliphatic rings. The third kappa shape index (κ3) is 3.02. The van der Waals surface area contributed by atoms with Gasteiger partial charge in [-0.3, -0.25) is 14.6 Å². The normalized spacial score (nSPS) is 22.0. The number of pyridine rings is 1. The number of amides is 1. The van der Waals surface area contributed by atoms with E-state index in [0.29, 0.717) is 43.7 Å². The first-order chi connectivity index (χ1) is 12.0. The number of nitrogens with zero attached hydrogens (tertiary/aromatic N) is 2. The summed E-state index contributed by atoms with van der Waals surface area (Å²) in [4.78, 5) is 31.1. The fraction of sp³-hybridized carbons (Fsp3) is 0.350. The van der Waals surface area contributed by atoms with Gasteiger partial charge in [-0.1, -0.05) is 18.2 Å². The van der Waals surface area contributed by atoms with Crippen molar-refractivity contribution in [1.82, 2.24) is 9.88 Å². The molecule has 1 fully saturated rings. The van der Waals surface area contributed by atoms with Crippen molar-refractivity contribution in [3.8, 4) is 5.75 Å². The van der Waals surface area contributed by atoms with Crippen molar-refractivity contribution in [2.75, 3.05) is 13.1 Å². The van der Waals surface area contributed by atoms with Crippen LogP contribution in [-0.4, -0.2) is 40.3 Å². The summed E-state index contributed by atoms with van der Waals surface area (Å²) in [5, 5.41) is 0. The molecule has 25 heavy (non-hydrogen) atoms. The van der Waals surface area contributed by atoms with Gasteiger partial charge in [0.2, 0.25) is 5.91 Å². The van der Waals surface area contributed by atoms with Crippen LogP contribution < -0.4 is 4.74 Å². The molecule has 1 aromatic carbocycles. The highest BCUT2D eigenvalue weighted by molar-refractivity contribution is 6.00. The fourth-order valence-electron chi connectivity index (χ4n) is 3.62. The molecule has 0 aliphatic carbocycles. The fourth-order valence-corrected chi connectivity index (χ4v) is 3.62. The van der Waals surface area contributed by atoms with Crippen molar-refractivity contribution in [2.45, 2.75) is 31.8 Å². The lowest BCUT2D eigenvalue weighted by molar-refractivity contribution is -0.130. The Morgan fingerprint density at radius 1 is 1.28 bits per heavy atom. The predicted octanol–water partition coefficient (Wildman–Crippen LogP) is 2.57. The Bertz CT molecular complexity index is 831. The van der Waals surface area contributed by atoms with Crippen LogP contribution in [0.3, 0.4) is 0 Å². The van der Waals surface area contributed by atoms with Gasteiger partial charge in [-0.05, 0) is 30.7 Å². The summed E-state index contributed by atoms with van der Waals surface area (Å²) in [5.41, 5.74) is 1.90. The summed E-state index contributed by atoms with van der Waals surface area (Å²) in [6.45, 7) is 3.00. The van der Waals surface area contributed by atoms with Gasteiger partial charge in [0, 0.05) is 24.9 Å². The van der Waals surface area contributed by atoms with Gasteiger partial charge in [-0.2, -0.15) is 0 Å². The van der Waals surface area contributed by atoms with Gasteiger partial charge in [0.25, 0.3) is 0 Å². The standard InChI is InChI=1S/C20H20N2O3/c1-14-6-7-15(12-21-14)10-19(24)22-9-8-20(13-22)11-17(23)16-4-2-3-5-18(16)25-20/h2-7,12H,8-11,13H2,1H3/t20-/m1/s1. The van der Waals surface area contributed by atoms with Crippen LogP contribution in [0.15, 0.2) is 42.6 Å². The number of hydrogen-bond donors (Lipinski definition) is 0. The van der Waals surface area contributed by atoms with Crippen molar-refractivity contribution in [3.05, 3.63) is 59.4 Å². The molecule has 0 saturated carbocycles. The van der Waals surface area contributed by atoms with E-state index >= 15 is 0 Å². The minimum atomic E-state index is -0.577. The Morgan fingerprint density at radius 2 is 2.12 bits per heavy atom. The number of carbonyl (C=O) groups is 2. The highest BCUT2D eigenvalue weighted by Crippen LogP contribution is 2.38. The largest absolute Gasteiger partial charge is 0.484 e. The van der Waals surface area contributed by atoms with Crippen molar-refractivity contribution < 1.29 is 14.3 Å². The van der Waals surface area contributed by atoms with Crippen LogP contribution in [0.2, 0.25) is 0 Å². The van der Waals surface area contributed by atoms with Gasteiger partial charge in [-0.15, -0.1) is 0 Å². The van der Waals surface area contributed by atoms with Crippen LogP contribution in [0, 0.1) is 6.92 Å². The van der Waals surface area contributed by atoms with E-state index in [1.165, 1.54) is 0 Å². The summed E-state index contributed by atoms with van der Waals surface area (Å²) in [5.74, 6) is 0.784. The van der Waals surface area contributed by atoms with Gasteiger partial charge in [0.15, 0.2) is 5.78 Å². The molecule has 128 valence electrons. The van der Waals surface area contributed by atoms with E-state index in [1.54, 1.807) is 17.2 Å². The molecule has 4 rings (SSSR count). The lowest BCUT2D eigenvalue weighted by Crippen LogP contribution is -2.45. The maximum atomic E-state index is 12.6. The molecule has 1 amide bonds. The molecule has 1 aromatic heterocycles. The topological polar surface area (TPSA) is 59.5 Å². The number of aryl methyl sites for hydroxylation is 1. The summed E-state index contributed by atoms with van der Waals surface area (Å²) >= 11 is 0. The van der Waals surface area contributed by atoms with E-state index in [-0.39, 0.29) is 11.7 Å². The van der Waals surface area contributed by atoms with E-state index in [1.807, 2.05) is 37.3 Å². The minimum Gasteiger partial charge on any atom is -0.484 e. The number of carbonyl (C=O) groups excluding carboxylic acids is 2. The smallest absolute Gasteiger partial charge is 0.227 e. The molecule has 0 radical (unpaired) electrons. The minimum absolute atomic E-state index is 0.0532. The van der Waals surface area contributed by atoms with Crippen LogP contribution in [0.5, 0.6) is 5.75 Å². The first-order valence-corrected chi connectivity index (χ1v) is 8.55. The average Bonchev–Trinajstić information content (AvgIpc) is 3.00.